The monoisotopic (exact) mass is 310 g/mol. The second-order valence-corrected chi connectivity index (χ2v) is 4.41. The van der Waals surface area contributed by atoms with Crippen LogP contribution >= 0.6 is 0 Å². The molecule has 8 nitrogen and oxygen atoms in total. The molecule has 8 heteroatoms. The largest absolute Gasteiger partial charge is 0.491 e. The van der Waals surface area contributed by atoms with Crippen LogP contribution in [0.1, 0.15) is 6.42 Å². The van der Waals surface area contributed by atoms with Gasteiger partial charge in [0.1, 0.15) is 12.4 Å². The molecule has 0 aromatic heterocycles. The van der Waals surface area contributed by atoms with E-state index in [-0.39, 0.29) is 6.61 Å². The summed E-state index contributed by atoms with van der Waals surface area (Å²) in [5.74, 6) is -2.18. The first-order valence-electron chi connectivity index (χ1n) is 6.47. The highest BCUT2D eigenvalue weighted by molar-refractivity contribution is 5.89. The Morgan fingerprint density at radius 2 is 1.91 bits per heavy atom. The molecule has 0 radical (unpaired) electrons. The maximum absolute atomic E-state index is 11.8. The van der Waals surface area contributed by atoms with Gasteiger partial charge in [-0.1, -0.05) is 18.2 Å². The third kappa shape index (κ3) is 5.80. The van der Waals surface area contributed by atoms with Crippen LogP contribution in [0.3, 0.4) is 0 Å². The van der Waals surface area contributed by atoms with Crippen molar-refractivity contribution in [1.82, 2.24) is 5.32 Å². The highest BCUT2D eigenvalue weighted by atomic mass is 16.5. The number of ether oxygens (including phenoxy) is 2. The number of hydrogen-bond donors (Lipinski definition) is 3. The number of carbonyl (C=O) groups excluding carboxylic acids is 2. The van der Waals surface area contributed by atoms with Crippen molar-refractivity contribution in [3.8, 4) is 5.75 Å². The van der Waals surface area contributed by atoms with Gasteiger partial charge in [-0.3, -0.25) is 9.59 Å². The van der Waals surface area contributed by atoms with Crippen LogP contribution in [0.4, 0.5) is 0 Å². The maximum atomic E-state index is 11.8. The molecule has 120 valence electrons. The number of carboxylic acids is 1. The van der Waals surface area contributed by atoms with Crippen LogP contribution in [-0.4, -0.2) is 48.8 Å². The van der Waals surface area contributed by atoms with E-state index in [1.807, 2.05) is 0 Å². The predicted octanol–water partition coefficient (Wildman–Crippen LogP) is -0.475. The van der Waals surface area contributed by atoms with E-state index in [1.54, 1.807) is 30.3 Å². The fourth-order valence-corrected chi connectivity index (χ4v) is 1.57. The lowest BCUT2D eigenvalue weighted by Crippen LogP contribution is -2.51. The molecule has 1 rings (SSSR count). The Morgan fingerprint density at radius 3 is 2.45 bits per heavy atom. The first-order valence-corrected chi connectivity index (χ1v) is 6.47. The topological polar surface area (TPSA) is 128 Å². The maximum Gasteiger partial charge on any atom is 0.331 e. The Balaban J connectivity index is 2.62. The minimum absolute atomic E-state index is 0.164. The van der Waals surface area contributed by atoms with E-state index >= 15 is 0 Å². The summed E-state index contributed by atoms with van der Waals surface area (Å²) < 4.78 is 9.95. The number of esters is 1. The summed E-state index contributed by atoms with van der Waals surface area (Å²) in [5.41, 5.74) is 5.43. The van der Waals surface area contributed by atoms with Crippen molar-refractivity contribution in [2.75, 3.05) is 13.7 Å². The molecule has 1 aromatic carbocycles. The number of carboxylic acid groups (broad SMARTS) is 1. The van der Waals surface area contributed by atoms with Crippen molar-refractivity contribution in [1.29, 1.82) is 0 Å². The zero-order chi connectivity index (χ0) is 16.5. The molecule has 0 saturated carbocycles. The summed E-state index contributed by atoms with van der Waals surface area (Å²) >= 11 is 0. The van der Waals surface area contributed by atoms with Gasteiger partial charge in [-0.15, -0.1) is 0 Å². The number of carbonyl (C=O) groups is 3. The third-order valence-corrected chi connectivity index (χ3v) is 2.69. The van der Waals surface area contributed by atoms with Crippen molar-refractivity contribution >= 4 is 17.8 Å². The molecule has 2 atom stereocenters. The minimum Gasteiger partial charge on any atom is -0.491 e. The third-order valence-electron chi connectivity index (χ3n) is 2.69. The molecular weight excluding hydrogens is 292 g/mol. The Hall–Kier alpha value is -2.61. The number of benzene rings is 1. The summed E-state index contributed by atoms with van der Waals surface area (Å²) in [5, 5.41) is 10.9. The second kappa shape index (κ2) is 8.63. The number of nitrogens with two attached hydrogens (primary N) is 1. The molecule has 0 aliphatic heterocycles. The van der Waals surface area contributed by atoms with Crippen LogP contribution < -0.4 is 15.8 Å². The molecule has 0 heterocycles. The molecule has 4 N–H and O–H groups in total. The molecule has 0 aliphatic rings. The average molecular weight is 310 g/mol. The number of methoxy groups -OCH3 is 1. The second-order valence-electron chi connectivity index (χ2n) is 4.41. The smallest absolute Gasteiger partial charge is 0.331 e. The summed E-state index contributed by atoms with van der Waals surface area (Å²) in [7, 11) is 1.17. The molecule has 0 saturated heterocycles. The number of rotatable bonds is 8. The summed E-state index contributed by atoms with van der Waals surface area (Å²) in [6.07, 6.45) is -0.542. The van der Waals surface area contributed by atoms with Gasteiger partial charge >= 0.3 is 11.9 Å². The lowest BCUT2D eigenvalue weighted by molar-refractivity contribution is -0.146. The van der Waals surface area contributed by atoms with Gasteiger partial charge in [-0.2, -0.15) is 0 Å². The van der Waals surface area contributed by atoms with Crippen LogP contribution in [0.15, 0.2) is 30.3 Å². The highest BCUT2D eigenvalue weighted by Crippen LogP contribution is 2.08. The molecule has 1 aromatic rings. The first-order chi connectivity index (χ1) is 10.4. The van der Waals surface area contributed by atoms with Crippen LogP contribution in [0.25, 0.3) is 0 Å². The van der Waals surface area contributed by atoms with Gasteiger partial charge < -0.3 is 25.6 Å². The van der Waals surface area contributed by atoms with E-state index in [1.165, 1.54) is 7.11 Å². The fraction of sp³-hybridized carbons (Fsp3) is 0.357. The Labute approximate surface area is 127 Å². The number of aliphatic carboxylic acids is 1. The SMILES string of the molecule is COC(=O)[C@H](COc1ccccc1)NC(=O)[C@@H](N)CC(=O)O. The zero-order valence-corrected chi connectivity index (χ0v) is 12.0. The lowest BCUT2D eigenvalue weighted by Gasteiger charge is -2.19. The summed E-state index contributed by atoms with van der Waals surface area (Å²) in [6, 6.07) is 6.34. The summed E-state index contributed by atoms with van der Waals surface area (Å²) in [6.45, 7) is -0.164. The molecule has 22 heavy (non-hydrogen) atoms. The van der Waals surface area contributed by atoms with Crippen molar-refractivity contribution < 1.29 is 29.0 Å². The van der Waals surface area contributed by atoms with E-state index in [9.17, 15) is 14.4 Å². The molecule has 0 bridgehead atoms. The molecule has 0 unspecified atom stereocenters. The van der Waals surface area contributed by atoms with E-state index in [2.05, 4.69) is 10.1 Å². The molecule has 0 fully saturated rings. The van der Waals surface area contributed by atoms with Gasteiger partial charge in [-0.25, -0.2) is 4.79 Å². The van der Waals surface area contributed by atoms with Crippen molar-refractivity contribution in [3.05, 3.63) is 30.3 Å². The number of nitrogens with one attached hydrogen (secondary N) is 1. The van der Waals surface area contributed by atoms with Crippen molar-refractivity contribution in [3.63, 3.8) is 0 Å². The quantitative estimate of drug-likeness (QED) is 0.553. The van der Waals surface area contributed by atoms with Gasteiger partial charge in [-0.05, 0) is 12.1 Å². The number of hydrogen-bond acceptors (Lipinski definition) is 6. The van der Waals surface area contributed by atoms with Gasteiger partial charge in [0, 0.05) is 0 Å². The minimum atomic E-state index is -1.26. The lowest BCUT2D eigenvalue weighted by atomic mass is 10.2. The van der Waals surface area contributed by atoms with Gasteiger partial charge in [0.05, 0.1) is 19.6 Å². The highest BCUT2D eigenvalue weighted by Gasteiger charge is 2.26. The van der Waals surface area contributed by atoms with Gasteiger partial charge in [0.15, 0.2) is 6.04 Å². The summed E-state index contributed by atoms with van der Waals surface area (Å²) in [4.78, 5) is 33.9. The predicted molar refractivity (Wildman–Crippen MR) is 76.1 cm³/mol. The van der Waals surface area contributed by atoms with Crippen LogP contribution in [0, 0.1) is 0 Å². The normalized spacial score (nSPS) is 12.8. The van der Waals surface area contributed by atoms with E-state index in [0.29, 0.717) is 5.75 Å². The molecular formula is C14H18N2O6. The van der Waals surface area contributed by atoms with Crippen molar-refractivity contribution in [2.45, 2.75) is 18.5 Å². The zero-order valence-electron chi connectivity index (χ0n) is 12.0. The molecule has 0 aliphatic carbocycles. The van der Waals surface area contributed by atoms with Crippen LogP contribution in [0.5, 0.6) is 5.75 Å². The van der Waals surface area contributed by atoms with Gasteiger partial charge in [0.2, 0.25) is 5.91 Å². The number of para-hydroxylation sites is 1. The standard InChI is InChI=1S/C14H18N2O6/c1-21-14(20)11(8-22-9-5-3-2-4-6-9)16-13(19)10(15)7-12(17)18/h2-6,10-11H,7-8,15H2,1H3,(H,16,19)(H,17,18)/t10-,11-/m0/s1. The van der Waals surface area contributed by atoms with Crippen molar-refractivity contribution in [2.24, 2.45) is 5.73 Å². The average Bonchev–Trinajstić information content (AvgIpc) is 2.50. The van der Waals surface area contributed by atoms with E-state index in [0.717, 1.165) is 0 Å². The van der Waals surface area contributed by atoms with Crippen LogP contribution in [-0.2, 0) is 19.1 Å². The Bertz CT molecular complexity index is 519. The molecule has 1 amide bonds. The number of amides is 1. The van der Waals surface area contributed by atoms with E-state index < -0.39 is 36.4 Å². The fourth-order valence-electron chi connectivity index (χ4n) is 1.57. The van der Waals surface area contributed by atoms with E-state index in [4.69, 9.17) is 15.6 Å². The Kier molecular flexibility index (Phi) is 6.84. The van der Waals surface area contributed by atoms with Gasteiger partial charge in [0.25, 0.3) is 0 Å². The molecule has 0 spiro atoms. The first kappa shape index (κ1) is 17.4. The Morgan fingerprint density at radius 1 is 1.27 bits per heavy atom. The van der Waals surface area contributed by atoms with Crippen LogP contribution in [0.2, 0.25) is 0 Å².